The molecule has 0 bridgehead atoms. The highest BCUT2D eigenvalue weighted by atomic mass is 79.9. The Kier molecular flexibility index (Phi) is 6.89. The Morgan fingerprint density at radius 1 is 1.50 bits per heavy atom. The van der Waals surface area contributed by atoms with E-state index in [4.69, 9.17) is 5.11 Å². The van der Waals surface area contributed by atoms with Gasteiger partial charge in [-0.2, -0.15) is 5.10 Å². The maximum absolute atomic E-state index is 8.94. The van der Waals surface area contributed by atoms with Crippen LogP contribution in [0.4, 0.5) is 0 Å². The zero-order valence-corrected chi connectivity index (χ0v) is 13.1. The van der Waals surface area contributed by atoms with Gasteiger partial charge in [0.15, 0.2) is 0 Å². The summed E-state index contributed by atoms with van der Waals surface area (Å²) in [4.78, 5) is 0. The van der Waals surface area contributed by atoms with Gasteiger partial charge in [-0.05, 0) is 55.1 Å². The average molecular weight is 318 g/mol. The Hall–Kier alpha value is -0.390. The molecule has 0 aliphatic heterocycles. The molecule has 0 saturated carbocycles. The third-order valence-electron chi connectivity index (χ3n) is 3.11. The third kappa shape index (κ3) is 4.37. The summed E-state index contributed by atoms with van der Waals surface area (Å²) in [6, 6.07) is 0. The summed E-state index contributed by atoms with van der Waals surface area (Å²) >= 11 is 3.59. The molecule has 18 heavy (non-hydrogen) atoms. The van der Waals surface area contributed by atoms with E-state index < -0.39 is 0 Å². The first-order valence-corrected chi connectivity index (χ1v) is 7.42. The van der Waals surface area contributed by atoms with Crippen molar-refractivity contribution >= 4 is 15.9 Å². The summed E-state index contributed by atoms with van der Waals surface area (Å²) in [5.74, 6) is 0.405. The van der Waals surface area contributed by atoms with Crippen LogP contribution in [0.15, 0.2) is 4.47 Å². The number of hydrogen-bond donors (Lipinski definition) is 2. The van der Waals surface area contributed by atoms with Crippen LogP contribution >= 0.6 is 15.9 Å². The van der Waals surface area contributed by atoms with Crippen LogP contribution in [0, 0.1) is 12.8 Å². The lowest BCUT2D eigenvalue weighted by molar-refractivity contribution is 0.228. The van der Waals surface area contributed by atoms with Crippen LogP contribution in [0.1, 0.15) is 38.1 Å². The highest BCUT2D eigenvalue weighted by Gasteiger charge is 2.11. The van der Waals surface area contributed by atoms with Crippen molar-refractivity contribution in [3.05, 3.63) is 15.9 Å². The van der Waals surface area contributed by atoms with Crippen molar-refractivity contribution in [2.75, 3.05) is 13.2 Å². The van der Waals surface area contributed by atoms with Crippen molar-refractivity contribution in [1.29, 1.82) is 0 Å². The van der Waals surface area contributed by atoms with Crippen LogP contribution in [0.2, 0.25) is 0 Å². The molecule has 0 aliphatic rings. The first-order chi connectivity index (χ1) is 8.60. The molecule has 4 nitrogen and oxygen atoms in total. The maximum Gasteiger partial charge on any atom is 0.0739 e. The molecule has 1 heterocycles. The van der Waals surface area contributed by atoms with Gasteiger partial charge < -0.3 is 10.4 Å². The van der Waals surface area contributed by atoms with Crippen LogP contribution in [0.3, 0.4) is 0 Å². The highest BCUT2D eigenvalue weighted by Crippen LogP contribution is 2.20. The summed E-state index contributed by atoms with van der Waals surface area (Å²) in [5, 5.41) is 16.8. The number of aliphatic hydroxyl groups excluding tert-OH is 1. The second kappa shape index (κ2) is 7.92. The van der Waals surface area contributed by atoms with Gasteiger partial charge in [0.05, 0.1) is 15.9 Å². The Bertz CT molecular complexity index is 365. The van der Waals surface area contributed by atoms with E-state index in [0.29, 0.717) is 5.92 Å². The fourth-order valence-electron chi connectivity index (χ4n) is 1.91. The molecule has 0 fully saturated rings. The fourth-order valence-corrected chi connectivity index (χ4v) is 2.34. The molecule has 0 aromatic carbocycles. The van der Waals surface area contributed by atoms with Gasteiger partial charge in [-0.15, -0.1) is 0 Å². The second-order valence-electron chi connectivity index (χ2n) is 4.77. The van der Waals surface area contributed by atoms with Gasteiger partial charge in [0.25, 0.3) is 0 Å². The number of aryl methyl sites for hydroxylation is 2. The van der Waals surface area contributed by atoms with E-state index in [2.05, 4.69) is 40.2 Å². The zero-order chi connectivity index (χ0) is 13.5. The largest absolute Gasteiger partial charge is 0.396 e. The monoisotopic (exact) mass is 317 g/mol. The predicted octanol–water partition coefficient (Wildman–Crippen LogP) is 2.47. The van der Waals surface area contributed by atoms with Gasteiger partial charge in [-0.1, -0.05) is 6.92 Å². The molecule has 1 atom stereocenters. The zero-order valence-electron chi connectivity index (χ0n) is 11.5. The Morgan fingerprint density at radius 2 is 2.22 bits per heavy atom. The van der Waals surface area contributed by atoms with E-state index >= 15 is 0 Å². The standard InChI is InChI=1S/C13H24BrN3O/c1-4-17-12(13(14)11(3)16-17)8-15-7-5-6-10(2)9-18/h10,15,18H,4-9H2,1-3H3. The van der Waals surface area contributed by atoms with Gasteiger partial charge in [0.2, 0.25) is 0 Å². The van der Waals surface area contributed by atoms with Gasteiger partial charge in [0, 0.05) is 19.7 Å². The summed E-state index contributed by atoms with van der Waals surface area (Å²) in [6.45, 7) is 9.19. The Balaban J connectivity index is 2.35. The van der Waals surface area contributed by atoms with Gasteiger partial charge in [0.1, 0.15) is 0 Å². The third-order valence-corrected chi connectivity index (χ3v) is 4.14. The topological polar surface area (TPSA) is 50.1 Å². The number of aliphatic hydroxyl groups is 1. The van der Waals surface area contributed by atoms with Crippen LogP contribution in [0.25, 0.3) is 0 Å². The normalized spacial score (nSPS) is 12.9. The molecule has 104 valence electrons. The molecule has 0 saturated heterocycles. The van der Waals surface area contributed by atoms with Gasteiger partial charge >= 0.3 is 0 Å². The summed E-state index contributed by atoms with van der Waals surface area (Å²) < 4.78 is 3.14. The van der Waals surface area contributed by atoms with Crippen LogP contribution in [0.5, 0.6) is 0 Å². The minimum Gasteiger partial charge on any atom is -0.396 e. The van der Waals surface area contributed by atoms with E-state index in [1.54, 1.807) is 0 Å². The number of halogens is 1. The molecule has 5 heteroatoms. The molecule has 1 rings (SSSR count). The van der Waals surface area contributed by atoms with Crippen molar-refractivity contribution in [3.8, 4) is 0 Å². The fraction of sp³-hybridized carbons (Fsp3) is 0.769. The number of nitrogens with zero attached hydrogens (tertiary/aromatic N) is 2. The second-order valence-corrected chi connectivity index (χ2v) is 5.56. The van der Waals surface area contributed by atoms with E-state index in [9.17, 15) is 0 Å². The molecule has 1 aromatic rings. The summed E-state index contributed by atoms with van der Waals surface area (Å²) in [7, 11) is 0. The lowest BCUT2D eigenvalue weighted by atomic mass is 10.1. The van der Waals surface area contributed by atoms with Crippen LogP contribution in [-0.4, -0.2) is 28.0 Å². The minimum atomic E-state index is 0.285. The van der Waals surface area contributed by atoms with E-state index in [1.807, 2.05) is 11.6 Å². The Morgan fingerprint density at radius 3 is 2.83 bits per heavy atom. The van der Waals surface area contributed by atoms with Crippen molar-refractivity contribution in [1.82, 2.24) is 15.1 Å². The van der Waals surface area contributed by atoms with Crippen LogP contribution in [-0.2, 0) is 13.1 Å². The molecular formula is C13H24BrN3O. The number of aromatic nitrogens is 2. The van der Waals surface area contributed by atoms with Crippen molar-refractivity contribution in [2.45, 2.75) is 46.7 Å². The van der Waals surface area contributed by atoms with E-state index in [1.165, 1.54) is 5.69 Å². The number of hydrogen-bond acceptors (Lipinski definition) is 3. The van der Waals surface area contributed by atoms with E-state index in [-0.39, 0.29) is 6.61 Å². The van der Waals surface area contributed by atoms with Crippen LogP contribution < -0.4 is 5.32 Å². The van der Waals surface area contributed by atoms with Gasteiger partial charge in [-0.3, -0.25) is 4.68 Å². The quantitative estimate of drug-likeness (QED) is 0.724. The summed E-state index contributed by atoms with van der Waals surface area (Å²) in [5.41, 5.74) is 2.26. The molecule has 0 aliphatic carbocycles. The first kappa shape index (κ1) is 15.7. The number of rotatable bonds is 8. The SMILES string of the molecule is CCn1nc(C)c(Br)c1CNCCCC(C)CO. The Labute approximate surface area is 118 Å². The van der Waals surface area contributed by atoms with Crippen molar-refractivity contribution in [3.63, 3.8) is 0 Å². The molecule has 1 aromatic heterocycles. The molecule has 1 unspecified atom stereocenters. The average Bonchev–Trinajstić information content (AvgIpc) is 2.65. The minimum absolute atomic E-state index is 0.285. The lowest BCUT2D eigenvalue weighted by Crippen LogP contribution is -2.18. The molecule has 2 N–H and O–H groups in total. The smallest absolute Gasteiger partial charge is 0.0739 e. The predicted molar refractivity (Wildman–Crippen MR) is 77.5 cm³/mol. The summed E-state index contributed by atoms with van der Waals surface area (Å²) in [6.07, 6.45) is 2.16. The molecular weight excluding hydrogens is 294 g/mol. The maximum atomic E-state index is 8.94. The molecule has 0 amide bonds. The molecule has 0 radical (unpaired) electrons. The first-order valence-electron chi connectivity index (χ1n) is 6.63. The van der Waals surface area contributed by atoms with Crippen molar-refractivity contribution in [2.24, 2.45) is 5.92 Å². The number of nitrogens with one attached hydrogen (secondary N) is 1. The van der Waals surface area contributed by atoms with Gasteiger partial charge in [-0.25, -0.2) is 0 Å². The van der Waals surface area contributed by atoms with E-state index in [0.717, 1.165) is 42.6 Å². The van der Waals surface area contributed by atoms with Crippen molar-refractivity contribution < 1.29 is 5.11 Å². The highest BCUT2D eigenvalue weighted by molar-refractivity contribution is 9.10. The molecule has 0 spiro atoms. The lowest BCUT2D eigenvalue weighted by Gasteiger charge is -2.09.